The minimum Gasteiger partial charge on any atom is -0.360 e. The van der Waals surface area contributed by atoms with E-state index in [1.54, 1.807) is 18.7 Å². The van der Waals surface area contributed by atoms with Crippen molar-refractivity contribution in [1.29, 1.82) is 0 Å². The number of sulfonamides is 1. The van der Waals surface area contributed by atoms with Gasteiger partial charge in [-0.1, -0.05) is 53.7 Å². The highest BCUT2D eigenvalue weighted by atomic mass is 32.2. The van der Waals surface area contributed by atoms with Crippen molar-refractivity contribution in [3.63, 3.8) is 0 Å². The normalized spacial score (nSPS) is 15.4. The Morgan fingerprint density at radius 1 is 0.971 bits per heavy atom. The molecule has 5 rings (SSSR count). The summed E-state index contributed by atoms with van der Waals surface area (Å²) >= 11 is 0. The summed E-state index contributed by atoms with van der Waals surface area (Å²) < 4.78 is 35.1. The van der Waals surface area contributed by atoms with Gasteiger partial charge in [0.05, 0.1) is 5.56 Å². The standard InChI is InChI=1S/C26H28N4O4S/c1-19-25(20(2)34-27-19)35(32,33)30-14-8-13-28(15-16-30)26(31)23-18-29(17-21-9-4-3-5-10-21)24-12-7-6-11-22(23)24/h3-7,9-12,18H,8,13-17H2,1-2H3. The molecule has 1 saturated heterocycles. The van der Waals surface area contributed by atoms with Crippen LogP contribution < -0.4 is 0 Å². The van der Waals surface area contributed by atoms with Crippen LogP contribution in [0.4, 0.5) is 0 Å². The fourth-order valence-corrected chi connectivity index (χ4v) is 6.57. The van der Waals surface area contributed by atoms with Gasteiger partial charge in [-0.25, -0.2) is 8.42 Å². The van der Waals surface area contributed by atoms with Gasteiger partial charge in [-0.2, -0.15) is 4.31 Å². The zero-order chi connectivity index (χ0) is 24.6. The van der Waals surface area contributed by atoms with Crippen molar-refractivity contribution < 1.29 is 17.7 Å². The summed E-state index contributed by atoms with van der Waals surface area (Å²) in [5.41, 5.74) is 3.14. The molecule has 8 nitrogen and oxygen atoms in total. The molecule has 0 radical (unpaired) electrons. The Labute approximate surface area is 204 Å². The third-order valence-electron chi connectivity index (χ3n) is 6.52. The van der Waals surface area contributed by atoms with Gasteiger partial charge in [0.2, 0.25) is 10.0 Å². The number of nitrogens with zero attached hydrogens (tertiary/aromatic N) is 4. The van der Waals surface area contributed by atoms with Crippen LogP contribution in [-0.2, 0) is 16.6 Å². The van der Waals surface area contributed by atoms with Crippen LogP contribution in [0.3, 0.4) is 0 Å². The molecule has 0 saturated carbocycles. The number of carbonyl (C=O) groups is 1. The van der Waals surface area contributed by atoms with Crippen LogP contribution in [0, 0.1) is 13.8 Å². The van der Waals surface area contributed by atoms with Crippen LogP contribution >= 0.6 is 0 Å². The molecule has 182 valence electrons. The lowest BCUT2D eigenvalue weighted by molar-refractivity contribution is 0.0766. The molecule has 2 aromatic heterocycles. The third-order valence-corrected chi connectivity index (χ3v) is 8.67. The Kier molecular flexibility index (Phi) is 6.21. The molecule has 1 amide bonds. The van der Waals surface area contributed by atoms with E-state index in [2.05, 4.69) is 21.9 Å². The van der Waals surface area contributed by atoms with Gasteiger partial charge in [0, 0.05) is 49.8 Å². The van der Waals surface area contributed by atoms with Crippen LogP contribution in [-0.4, -0.2) is 59.4 Å². The average molecular weight is 493 g/mol. The second-order valence-electron chi connectivity index (χ2n) is 8.88. The van der Waals surface area contributed by atoms with E-state index in [1.165, 1.54) is 4.31 Å². The minimum atomic E-state index is -3.75. The molecule has 9 heteroatoms. The minimum absolute atomic E-state index is 0.0791. The maximum atomic E-state index is 13.6. The molecule has 4 aromatic rings. The molecule has 2 aromatic carbocycles. The van der Waals surface area contributed by atoms with Gasteiger partial charge in [0.25, 0.3) is 5.91 Å². The first kappa shape index (κ1) is 23.3. The summed E-state index contributed by atoms with van der Waals surface area (Å²) in [6.07, 6.45) is 2.47. The number of rotatable bonds is 5. The Balaban J connectivity index is 1.39. The highest BCUT2D eigenvalue weighted by Crippen LogP contribution is 2.27. The van der Waals surface area contributed by atoms with E-state index in [0.717, 1.165) is 16.5 Å². The van der Waals surface area contributed by atoms with Crippen molar-refractivity contribution in [3.8, 4) is 0 Å². The molecule has 35 heavy (non-hydrogen) atoms. The van der Waals surface area contributed by atoms with Gasteiger partial charge in [-0.05, 0) is 31.9 Å². The third kappa shape index (κ3) is 4.37. The number of para-hydroxylation sites is 1. The van der Waals surface area contributed by atoms with E-state index in [-0.39, 0.29) is 23.1 Å². The second kappa shape index (κ2) is 9.31. The molecule has 0 unspecified atom stereocenters. The summed E-state index contributed by atoms with van der Waals surface area (Å²) in [6, 6.07) is 18.0. The number of carbonyl (C=O) groups excluding carboxylic acids is 1. The Morgan fingerprint density at radius 3 is 2.46 bits per heavy atom. The van der Waals surface area contributed by atoms with Gasteiger partial charge in [-0.15, -0.1) is 0 Å². The summed E-state index contributed by atoms with van der Waals surface area (Å²) in [7, 11) is -3.75. The molecule has 1 fully saturated rings. The highest BCUT2D eigenvalue weighted by Gasteiger charge is 2.33. The van der Waals surface area contributed by atoms with Crippen molar-refractivity contribution >= 4 is 26.8 Å². The monoisotopic (exact) mass is 492 g/mol. The predicted octanol–water partition coefficient (Wildman–Crippen LogP) is 3.83. The van der Waals surface area contributed by atoms with E-state index >= 15 is 0 Å². The Morgan fingerprint density at radius 2 is 1.71 bits per heavy atom. The molecular weight excluding hydrogens is 464 g/mol. The first-order valence-corrected chi connectivity index (χ1v) is 13.1. The molecule has 1 aliphatic heterocycles. The molecule has 0 spiro atoms. The van der Waals surface area contributed by atoms with Gasteiger partial charge >= 0.3 is 0 Å². The maximum Gasteiger partial charge on any atom is 0.256 e. The van der Waals surface area contributed by atoms with Gasteiger partial charge in [0.15, 0.2) is 5.76 Å². The molecule has 3 heterocycles. The van der Waals surface area contributed by atoms with Crippen molar-refractivity contribution in [2.45, 2.75) is 31.7 Å². The van der Waals surface area contributed by atoms with Crippen LogP contribution in [0.5, 0.6) is 0 Å². The summed E-state index contributed by atoms with van der Waals surface area (Å²) in [5.74, 6) is 0.204. The van der Waals surface area contributed by atoms with E-state index < -0.39 is 10.0 Å². The number of amides is 1. The lowest BCUT2D eigenvalue weighted by Gasteiger charge is -2.21. The van der Waals surface area contributed by atoms with Gasteiger partial charge in [0.1, 0.15) is 10.6 Å². The number of benzene rings is 2. The van der Waals surface area contributed by atoms with E-state index in [0.29, 0.717) is 43.9 Å². The van der Waals surface area contributed by atoms with E-state index in [9.17, 15) is 13.2 Å². The average Bonchev–Trinajstić information content (AvgIpc) is 3.27. The smallest absolute Gasteiger partial charge is 0.256 e. The summed E-state index contributed by atoms with van der Waals surface area (Å²) in [5, 5.41) is 4.70. The largest absolute Gasteiger partial charge is 0.360 e. The van der Waals surface area contributed by atoms with Crippen LogP contribution in [0.15, 0.2) is 70.2 Å². The molecular formula is C26H28N4O4S. The lowest BCUT2D eigenvalue weighted by Crippen LogP contribution is -2.37. The van der Waals surface area contributed by atoms with Crippen molar-refractivity contribution in [3.05, 3.63) is 83.4 Å². The lowest BCUT2D eigenvalue weighted by atomic mass is 10.1. The molecule has 1 aliphatic rings. The van der Waals surface area contributed by atoms with Crippen molar-refractivity contribution in [1.82, 2.24) is 18.9 Å². The highest BCUT2D eigenvalue weighted by molar-refractivity contribution is 7.89. The zero-order valence-electron chi connectivity index (χ0n) is 19.8. The van der Waals surface area contributed by atoms with Gasteiger partial charge < -0.3 is 14.0 Å². The molecule has 0 atom stereocenters. The number of aryl methyl sites for hydroxylation is 2. The number of fused-ring (bicyclic) bond motifs is 1. The molecule has 0 N–H and O–H groups in total. The van der Waals surface area contributed by atoms with E-state index in [4.69, 9.17) is 4.52 Å². The quantitative estimate of drug-likeness (QED) is 0.423. The predicted molar refractivity (Wildman–Crippen MR) is 133 cm³/mol. The van der Waals surface area contributed by atoms with Gasteiger partial charge in [-0.3, -0.25) is 4.79 Å². The number of aromatic nitrogens is 2. The molecule has 0 aliphatic carbocycles. The molecule has 0 bridgehead atoms. The fourth-order valence-electron chi connectivity index (χ4n) is 4.81. The number of hydrogen-bond acceptors (Lipinski definition) is 5. The first-order valence-electron chi connectivity index (χ1n) is 11.7. The number of hydrogen-bond donors (Lipinski definition) is 0. The van der Waals surface area contributed by atoms with Crippen LogP contribution in [0.1, 0.15) is 33.8 Å². The maximum absolute atomic E-state index is 13.6. The Bertz CT molecular complexity index is 1450. The fraction of sp³-hybridized carbons (Fsp3) is 0.308. The van der Waals surface area contributed by atoms with Crippen LogP contribution in [0.25, 0.3) is 10.9 Å². The summed E-state index contributed by atoms with van der Waals surface area (Å²) in [6.45, 7) is 5.27. The topological polar surface area (TPSA) is 88.7 Å². The van der Waals surface area contributed by atoms with E-state index in [1.807, 2.05) is 48.7 Å². The van der Waals surface area contributed by atoms with Crippen molar-refractivity contribution in [2.24, 2.45) is 0 Å². The summed E-state index contributed by atoms with van der Waals surface area (Å²) in [4.78, 5) is 15.5. The SMILES string of the molecule is Cc1noc(C)c1S(=O)(=O)N1CCCN(C(=O)c2cn(Cc3ccccc3)c3ccccc23)CC1. The van der Waals surface area contributed by atoms with Crippen molar-refractivity contribution in [2.75, 3.05) is 26.2 Å². The second-order valence-corrected chi connectivity index (χ2v) is 10.8. The first-order chi connectivity index (χ1) is 16.9. The zero-order valence-corrected chi connectivity index (χ0v) is 20.7. The van der Waals surface area contributed by atoms with Crippen LogP contribution in [0.2, 0.25) is 0 Å². The Hall–Kier alpha value is -3.43.